The summed E-state index contributed by atoms with van der Waals surface area (Å²) >= 11 is 5.26. The third kappa shape index (κ3) is 3.59. The highest BCUT2D eigenvalue weighted by molar-refractivity contribution is 6.31. The van der Waals surface area contributed by atoms with Gasteiger partial charge >= 0.3 is 12.4 Å². The number of alkyl halides is 6. The molecule has 0 aromatic heterocycles. The van der Waals surface area contributed by atoms with Crippen LogP contribution in [0.25, 0.3) is 0 Å². The van der Waals surface area contributed by atoms with Crippen LogP contribution in [0, 0.1) is 0 Å². The molecule has 0 saturated carbocycles. The molecule has 0 N–H and O–H groups in total. The fourth-order valence-corrected chi connectivity index (χ4v) is 1.44. The Labute approximate surface area is 91.8 Å². The topological polar surface area (TPSA) is 0 Å². The molecule has 1 aromatic carbocycles. The predicted molar refractivity (Wildman–Crippen MR) is 46.2 cm³/mol. The second-order valence-corrected chi connectivity index (χ2v) is 3.51. The highest BCUT2D eigenvalue weighted by atomic mass is 35.5. The molecule has 0 spiro atoms. The van der Waals surface area contributed by atoms with Gasteiger partial charge in [0.2, 0.25) is 0 Å². The number of hydrogen-bond acceptors (Lipinski definition) is 0. The van der Waals surface area contributed by atoms with Crippen molar-refractivity contribution in [2.45, 2.75) is 18.8 Å². The summed E-state index contributed by atoms with van der Waals surface area (Å²) in [6, 6.07) is 1.99. The molecule has 1 aromatic rings. The van der Waals surface area contributed by atoms with Crippen molar-refractivity contribution in [3.8, 4) is 0 Å². The van der Waals surface area contributed by atoms with Gasteiger partial charge in [-0.2, -0.15) is 26.3 Å². The first-order chi connectivity index (χ1) is 7.09. The molecule has 7 heteroatoms. The van der Waals surface area contributed by atoms with Crippen molar-refractivity contribution in [3.05, 3.63) is 34.3 Å². The van der Waals surface area contributed by atoms with E-state index in [-0.39, 0.29) is 5.56 Å². The van der Waals surface area contributed by atoms with Gasteiger partial charge in [0.05, 0.1) is 17.0 Å². The lowest BCUT2D eigenvalue weighted by Crippen LogP contribution is -2.12. The van der Waals surface area contributed by atoms with Gasteiger partial charge in [-0.15, -0.1) is 0 Å². The molecular formula is C9H5ClF6. The Kier molecular flexibility index (Phi) is 3.42. The predicted octanol–water partition coefficient (Wildman–Crippen LogP) is 4.46. The molecule has 0 radical (unpaired) electrons. The number of halogens is 7. The molecule has 0 aliphatic rings. The van der Waals surface area contributed by atoms with Gasteiger partial charge in [0.25, 0.3) is 0 Å². The third-order valence-electron chi connectivity index (χ3n) is 1.74. The zero-order valence-corrected chi connectivity index (χ0v) is 8.34. The maximum absolute atomic E-state index is 12.2. The largest absolute Gasteiger partial charge is 0.417 e. The van der Waals surface area contributed by atoms with E-state index in [2.05, 4.69) is 0 Å². The summed E-state index contributed by atoms with van der Waals surface area (Å²) in [5.41, 5.74) is -1.44. The molecule has 0 amide bonds. The first-order valence-electron chi connectivity index (χ1n) is 4.02. The van der Waals surface area contributed by atoms with Crippen LogP contribution in [0.1, 0.15) is 11.1 Å². The Morgan fingerprint density at radius 1 is 1.00 bits per heavy atom. The van der Waals surface area contributed by atoms with E-state index in [1.807, 2.05) is 0 Å². The van der Waals surface area contributed by atoms with Crippen molar-refractivity contribution in [2.75, 3.05) is 0 Å². The first kappa shape index (κ1) is 13.2. The minimum absolute atomic E-state index is 0.300. The molecule has 1 rings (SSSR count). The lowest BCUT2D eigenvalue weighted by atomic mass is 10.1. The van der Waals surface area contributed by atoms with Crippen LogP contribution in [0.15, 0.2) is 18.2 Å². The fourth-order valence-electron chi connectivity index (χ4n) is 1.13. The van der Waals surface area contributed by atoms with Crippen molar-refractivity contribution in [3.63, 3.8) is 0 Å². The molecule has 0 unspecified atom stereocenters. The average Bonchev–Trinajstić information content (AvgIpc) is 1.97. The van der Waals surface area contributed by atoms with Gasteiger partial charge in [-0.05, 0) is 17.7 Å². The molecule has 0 bridgehead atoms. The average molecular weight is 263 g/mol. The molecule has 0 aliphatic heterocycles. The first-order valence-corrected chi connectivity index (χ1v) is 4.40. The van der Waals surface area contributed by atoms with Gasteiger partial charge in [0.15, 0.2) is 0 Å². The van der Waals surface area contributed by atoms with Crippen LogP contribution in [0.2, 0.25) is 5.02 Å². The van der Waals surface area contributed by atoms with Gasteiger partial charge in [-0.1, -0.05) is 17.7 Å². The molecule has 0 aliphatic carbocycles. The van der Waals surface area contributed by atoms with Crippen molar-refractivity contribution >= 4 is 11.6 Å². The van der Waals surface area contributed by atoms with Crippen LogP contribution >= 0.6 is 11.6 Å². The van der Waals surface area contributed by atoms with Crippen LogP contribution < -0.4 is 0 Å². The van der Waals surface area contributed by atoms with Gasteiger partial charge < -0.3 is 0 Å². The minimum Gasteiger partial charge on any atom is -0.171 e. The Morgan fingerprint density at radius 3 is 1.94 bits per heavy atom. The standard InChI is InChI=1S/C9H5ClF6/c10-7-3-5(4-8(11,12)13)1-2-6(7)9(14,15)16/h1-3H,4H2. The highest BCUT2D eigenvalue weighted by Gasteiger charge is 2.34. The fraction of sp³-hybridized carbons (Fsp3) is 0.333. The third-order valence-corrected chi connectivity index (χ3v) is 2.06. The highest BCUT2D eigenvalue weighted by Crippen LogP contribution is 2.35. The zero-order valence-electron chi connectivity index (χ0n) is 7.58. The van der Waals surface area contributed by atoms with E-state index >= 15 is 0 Å². The van der Waals surface area contributed by atoms with Crippen molar-refractivity contribution < 1.29 is 26.3 Å². The van der Waals surface area contributed by atoms with Crippen LogP contribution in [0.4, 0.5) is 26.3 Å². The Bertz CT molecular complexity index is 379. The Balaban J connectivity index is 3.01. The monoisotopic (exact) mass is 262 g/mol. The van der Waals surface area contributed by atoms with Crippen LogP contribution in [0.3, 0.4) is 0 Å². The van der Waals surface area contributed by atoms with E-state index in [0.717, 1.165) is 6.07 Å². The van der Waals surface area contributed by atoms with Crippen LogP contribution in [-0.4, -0.2) is 6.18 Å². The molecule has 0 heterocycles. The van der Waals surface area contributed by atoms with Crippen LogP contribution in [0.5, 0.6) is 0 Å². The molecule has 16 heavy (non-hydrogen) atoms. The smallest absolute Gasteiger partial charge is 0.171 e. The quantitative estimate of drug-likeness (QED) is 0.655. The SMILES string of the molecule is FC(F)(F)Cc1ccc(C(F)(F)F)c(Cl)c1. The van der Waals surface area contributed by atoms with Crippen molar-refractivity contribution in [2.24, 2.45) is 0 Å². The Hall–Kier alpha value is -0.910. The summed E-state index contributed by atoms with van der Waals surface area (Å²) in [6.07, 6.45) is -10.4. The summed E-state index contributed by atoms with van der Waals surface area (Å²) in [7, 11) is 0. The van der Waals surface area contributed by atoms with E-state index in [0.29, 0.717) is 12.1 Å². The second-order valence-electron chi connectivity index (χ2n) is 3.10. The normalized spacial score (nSPS) is 12.9. The number of rotatable bonds is 1. The van der Waals surface area contributed by atoms with Crippen molar-refractivity contribution in [1.82, 2.24) is 0 Å². The lowest BCUT2D eigenvalue weighted by Gasteiger charge is -2.11. The maximum atomic E-state index is 12.2. The van der Waals surface area contributed by atoms with Gasteiger partial charge in [-0.3, -0.25) is 0 Å². The summed E-state index contributed by atoms with van der Waals surface area (Å²) in [5, 5.41) is -0.728. The Morgan fingerprint density at radius 2 is 1.56 bits per heavy atom. The summed E-state index contributed by atoms with van der Waals surface area (Å²) in [4.78, 5) is 0. The number of hydrogen-bond donors (Lipinski definition) is 0. The zero-order chi connectivity index (χ0) is 12.6. The van der Waals surface area contributed by atoms with Crippen molar-refractivity contribution in [1.29, 1.82) is 0 Å². The second kappa shape index (κ2) is 4.16. The van der Waals surface area contributed by atoms with E-state index in [9.17, 15) is 26.3 Å². The van der Waals surface area contributed by atoms with E-state index in [4.69, 9.17) is 11.6 Å². The molecule has 0 fully saturated rings. The minimum atomic E-state index is -4.66. The van der Waals surface area contributed by atoms with E-state index < -0.39 is 29.4 Å². The number of benzene rings is 1. The molecule has 90 valence electrons. The van der Waals surface area contributed by atoms with E-state index in [1.54, 1.807) is 0 Å². The lowest BCUT2D eigenvalue weighted by molar-refractivity contribution is -0.137. The molecule has 0 atom stereocenters. The van der Waals surface area contributed by atoms with Crippen LogP contribution in [-0.2, 0) is 12.6 Å². The van der Waals surface area contributed by atoms with Gasteiger partial charge in [0.1, 0.15) is 0 Å². The van der Waals surface area contributed by atoms with Gasteiger partial charge in [-0.25, -0.2) is 0 Å². The molecule has 0 saturated heterocycles. The molecular weight excluding hydrogens is 258 g/mol. The van der Waals surface area contributed by atoms with E-state index in [1.165, 1.54) is 0 Å². The summed E-state index contributed by atoms with van der Waals surface area (Å²) in [5.74, 6) is 0. The summed E-state index contributed by atoms with van der Waals surface area (Å²) in [6.45, 7) is 0. The van der Waals surface area contributed by atoms with Gasteiger partial charge in [0, 0.05) is 0 Å². The summed E-state index contributed by atoms with van der Waals surface area (Å²) < 4.78 is 72.5. The molecule has 0 nitrogen and oxygen atoms in total. The maximum Gasteiger partial charge on any atom is 0.417 e.